The van der Waals surface area contributed by atoms with Crippen LogP contribution < -0.4 is 4.74 Å². The Labute approximate surface area is 134 Å². The summed E-state index contributed by atoms with van der Waals surface area (Å²) in [5.41, 5.74) is 0.855. The zero-order valence-corrected chi connectivity index (χ0v) is 13.0. The van der Waals surface area contributed by atoms with E-state index in [4.69, 9.17) is 4.74 Å². The van der Waals surface area contributed by atoms with Gasteiger partial charge in [-0.2, -0.15) is 0 Å². The van der Waals surface area contributed by atoms with Gasteiger partial charge in [-0.3, -0.25) is 14.9 Å². The quantitative estimate of drug-likeness (QED) is 0.606. The molecular formula is C17H18N2O4. The van der Waals surface area contributed by atoms with Crippen molar-refractivity contribution in [3.8, 4) is 5.75 Å². The van der Waals surface area contributed by atoms with Gasteiger partial charge in [-0.1, -0.05) is 42.5 Å². The van der Waals surface area contributed by atoms with Crippen LogP contribution in [0.15, 0.2) is 54.6 Å². The molecule has 2 aromatic rings. The van der Waals surface area contributed by atoms with E-state index in [2.05, 4.69) is 0 Å². The lowest BCUT2D eigenvalue weighted by atomic mass is 10.1. The molecule has 6 heteroatoms. The number of likely N-dealkylation sites (N-methyl/N-ethyl adjacent to an activating group) is 1. The average molecular weight is 314 g/mol. The van der Waals surface area contributed by atoms with Gasteiger partial charge < -0.3 is 9.64 Å². The summed E-state index contributed by atoms with van der Waals surface area (Å²) in [5, 5.41) is 10.9. The van der Waals surface area contributed by atoms with Gasteiger partial charge in [0.2, 0.25) is 0 Å². The van der Waals surface area contributed by atoms with Crippen LogP contribution in [-0.4, -0.2) is 29.4 Å². The Morgan fingerprint density at radius 1 is 1.17 bits per heavy atom. The summed E-state index contributed by atoms with van der Waals surface area (Å²) < 4.78 is 5.33. The van der Waals surface area contributed by atoms with E-state index >= 15 is 0 Å². The highest BCUT2D eigenvalue weighted by Crippen LogP contribution is 2.26. The van der Waals surface area contributed by atoms with Crippen molar-refractivity contribution < 1.29 is 14.5 Å². The van der Waals surface area contributed by atoms with Crippen molar-refractivity contribution in [2.24, 2.45) is 0 Å². The first-order valence-corrected chi connectivity index (χ1v) is 7.17. The number of nitro groups is 1. The van der Waals surface area contributed by atoms with E-state index in [0.29, 0.717) is 0 Å². The summed E-state index contributed by atoms with van der Waals surface area (Å²) in [7, 11) is 1.68. The summed E-state index contributed by atoms with van der Waals surface area (Å²) in [6.45, 7) is 1.66. The molecule has 6 nitrogen and oxygen atoms in total. The fourth-order valence-corrected chi connectivity index (χ4v) is 2.14. The summed E-state index contributed by atoms with van der Waals surface area (Å²) in [5.74, 6) is -0.161. The molecule has 0 bridgehead atoms. The normalized spacial score (nSPS) is 11.6. The molecule has 0 N–H and O–H groups in total. The van der Waals surface area contributed by atoms with E-state index in [1.54, 1.807) is 24.1 Å². The number of benzene rings is 2. The number of hydrogen-bond acceptors (Lipinski definition) is 4. The highest BCUT2D eigenvalue weighted by molar-refractivity contribution is 5.78. The second-order valence-electron chi connectivity index (χ2n) is 5.10. The molecule has 0 heterocycles. The lowest BCUT2D eigenvalue weighted by Gasteiger charge is -2.25. The van der Waals surface area contributed by atoms with Gasteiger partial charge >= 0.3 is 5.69 Å². The largest absolute Gasteiger partial charge is 0.477 e. The number of para-hydroxylation sites is 2. The van der Waals surface area contributed by atoms with Gasteiger partial charge in [0.15, 0.2) is 12.4 Å². The van der Waals surface area contributed by atoms with Crippen molar-refractivity contribution in [3.63, 3.8) is 0 Å². The summed E-state index contributed by atoms with van der Waals surface area (Å²) >= 11 is 0. The van der Waals surface area contributed by atoms with Crippen molar-refractivity contribution in [2.75, 3.05) is 13.7 Å². The monoisotopic (exact) mass is 314 g/mol. The van der Waals surface area contributed by atoms with Gasteiger partial charge in [0, 0.05) is 13.1 Å². The van der Waals surface area contributed by atoms with Crippen LogP contribution in [0, 0.1) is 10.1 Å². The van der Waals surface area contributed by atoms with Gasteiger partial charge in [-0.05, 0) is 18.6 Å². The SMILES string of the molecule is CC(c1ccccc1)N(C)C(=O)COc1ccccc1[N+](=O)[O-]. The van der Waals surface area contributed by atoms with Crippen molar-refractivity contribution in [1.29, 1.82) is 0 Å². The first kappa shape index (κ1) is 16.5. The third-order valence-corrected chi connectivity index (χ3v) is 3.67. The molecule has 0 aliphatic heterocycles. The molecule has 0 saturated heterocycles. The number of amides is 1. The van der Waals surface area contributed by atoms with Crippen LogP contribution in [0.5, 0.6) is 5.75 Å². The Morgan fingerprint density at radius 2 is 1.78 bits per heavy atom. The molecule has 0 fully saturated rings. The number of rotatable bonds is 6. The minimum atomic E-state index is -0.532. The van der Waals surface area contributed by atoms with Crippen LogP contribution in [0.3, 0.4) is 0 Å². The maximum atomic E-state index is 12.2. The minimum Gasteiger partial charge on any atom is -0.477 e. The Hall–Kier alpha value is -2.89. The smallest absolute Gasteiger partial charge is 0.310 e. The standard InChI is InChI=1S/C17H18N2O4/c1-13(14-8-4-3-5-9-14)18(2)17(20)12-23-16-11-7-6-10-15(16)19(21)22/h3-11,13H,12H2,1-2H3. The van der Waals surface area contributed by atoms with Gasteiger partial charge in [0.1, 0.15) is 0 Å². The third-order valence-electron chi connectivity index (χ3n) is 3.67. The van der Waals surface area contributed by atoms with E-state index in [1.165, 1.54) is 12.1 Å². The predicted octanol–water partition coefficient (Wildman–Crippen LogP) is 3.19. The number of nitro benzene ring substituents is 1. The van der Waals surface area contributed by atoms with Gasteiger partial charge in [0.25, 0.3) is 5.91 Å². The van der Waals surface area contributed by atoms with Gasteiger partial charge in [-0.15, -0.1) is 0 Å². The lowest BCUT2D eigenvalue weighted by Crippen LogP contribution is -2.33. The zero-order chi connectivity index (χ0) is 16.8. The first-order chi connectivity index (χ1) is 11.0. The Kier molecular flexibility index (Phi) is 5.30. The lowest BCUT2D eigenvalue weighted by molar-refractivity contribution is -0.385. The summed E-state index contributed by atoms with van der Waals surface area (Å²) in [4.78, 5) is 24.2. The third kappa shape index (κ3) is 4.06. The van der Waals surface area contributed by atoms with Crippen LogP contribution in [0.25, 0.3) is 0 Å². The van der Waals surface area contributed by atoms with Crippen molar-refractivity contribution in [2.45, 2.75) is 13.0 Å². The zero-order valence-electron chi connectivity index (χ0n) is 13.0. The molecule has 2 rings (SSSR count). The van der Waals surface area contributed by atoms with Gasteiger partial charge in [0.05, 0.1) is 11.0 Å². The molecule has 1 amide bonds. The van der Waals surface area contributed by atoms with E-state index in [0.717, 1.165) is 5.56 Å². The summed E-state index contributed by atoms with van der Waals surface area (Å²) in [6.07, 6.45) is 0. The van der Waals surface area contributed by atoms with Crippen LogP contribution in [0.2, 0.25) is 0 Å². The molecule has 0 saturated carbocycles. The fraction of sp³-hybridized carbons (Fsp3) is 0.235. The van der Waals surface area contributed by atoms with Crippen molar-refractivity contribution >= 4 is 11.6 Å². The van der Waals surface area contributed by atoms with E-state index < -0.39 is 4.92 Å². The second kappa shape index (κ2) is 7.40. The molecule has 0 spiro atoms. The van der Waals surface area contributed by atoms with Crippen LogP contribution in [-0.2, 0) is 4.79 Å². The Balaban J connectivity index is 2.01. The predicted molar refractivity (Wildman–Crippen MR) is 86.2 cm³/mol. The number of hydrogen-bond donors (Lipinski definition) is 0. The maximum Gasteiger partial charge on any atom is 0.310 e. The molecule has 23 heavy (non-hydrogen) atoms. The molecule has 0 radical (unpaired) electrons. The highest BCUT2D eigenvalue weighted by atomic mass is 16.6. The van der Waals surface area contributed by atoms with Crippen molar-refractivity contribution in [1.82, 2.24) is 4.90 Å². The minimum absolute atomic E-state index is 0.0895. The molecular weight excluding hydrogens is 296 g/mol. The fourth-order valence-electron chi connectivity index (χ4n) is 2.14. The second-order valence-corrected chi connectivity index (χ2v) is 5.10. The molecule has 2 aromatic carbocycles. The first-order valence-electron chi connectivity index (χ1n) is 7.17. The average Bonchev–Trinajstić information content (AvgIpc) is 2.59. The van der Waals surface area contributed by atoms with Gasteiger partial charge in [-0.25, -0.2) is 0 Å². The topological polar surface area (TPSA) is 72.7 Å². The van der Waals surface area contributed by atoms with Crippen LogP contribution in [0.1, 0.15) is 18.5 Å². The number of carbonyl (C=O) groups excluding carboxylic acids is 1. The maximum absolute atomic E-state index is 12.2. The highest BCUT2D eigenvalue weighted by Gasteiger charge is 2.20. The Bertz CT molecular complexity index is 688. The summed E-state index contributed by atoms with van der Waals surface area (Å²) in [6, 6.07) is 15.5. The van der Waals surface area contributed by atoms with E-state index in [-0.39, 0.29) is 30.0 Å². The molecule has 0 aromatic heterocycles. The molecule has 1 unspecified atom stereocenters. The Morgan fingerprint density at radius 3 is 2.43 bits per heavy atom. The molecule has 0 aliphatic rings. The number of ether oxygens (including phenoxy) is 1. The van der Waals surface area contributed by atoms with Crippen LogP contribution >= 0.6 is 0 Å². The van der Waals surface area contributed by atoms with Crippen LogP contribution in [0.4, 0.5) is 5.69 Å². The van der Waals surface area contributed by atoms with E-state index in [9.17, 15) is 14.9 Å². The van der Waals surface area contributed by atoms with E-state index in [1.807, 2.05) is 37.3 Å². The molecule has 0 aliphatic carbocycles. The number of carbonyl (C=O) groups is 1. The molecule has 1 atom stereocenters. The number of nitrogens with zero attached hydrogens (tertiary/aromatic N) is 2. The van der Waals surface area contributed by atoms with Crippen molar-refractivity contribution in [3.05, 3.63) is 70.3 Å². The molecule has 120 valence electrons.